The molecule has 0 aliphatic carbocycles. The van der Waals surface area contributed by atoms with E-state index in [4.69, 9.17) is 16.3 Å². The summed E-state index contributed by atoms with van der Waals surface area (Å²) in [6.07, 6.45) is 1.75. The Labute approximate surface area is 119 Å². The van der Waals surface area contributed by atoms with Crippen LogP contribution in [0.3, 0.4) is 0 Å². The first kappa shape index (κ1) is 13.2. The maximum Gasteiger partial charge on any atom is 0.133 e. The van der Waals surface area contributed by atoms with Crippen LogP contribution >= 0.6 is 27.5 Å². The molecule has 0 bridgehead atoms. The average Bonchev–Trinajstić information content (AvgIpc) is 2.38. The fourth-order valence-corrected chi connectivity index (χ4v) is 2.20. The summed E-state index contributed by atoms with van der Waals surface area (Å²) >= 11 is 9.25. The molecule has 2 rings (SSSR count). The molecule has 1 heterocycles. The number of nitrogens with one attached hydrogen (secondary N) is 1. The van der Waals surface area contributed by atoms with Crippen LogP contribution in [0.4, 0.5) is 5.82 Å². The minimum absolute atomic E-state index is 0.552. The first-order valence-electron chi connectivity index (χ1n) is 5.48. The largest absolute Gasteiger partial charge is 0.491 e. The Morgan fingerprint density at radius 2 is 2.17 bits per heavy atom. The molecule has 0 amide bonds. The molecule has 1 N–H and O–H groups in total. The summed E-state index contributed by atoms with van der Waals surface area (Å²) in [5.74, 6) is 1.62. The molecule has 1 aromatic heterocycles. The average molecular weight is 328 g/mol. The van der Waals surface area contributed by atoms with Gasteiger partial charge in [-0.2, -0.15) is 0 Å². The van der Waals surface area contributed by atoms with Gasteiger partial charge in [0.1, 0.15) is 18.2 Å². The zero-order chi connectivity index (χ0) is 12.8. The van der Waals surface area contributed by atoms with Gasteiger partial charge in [0.25, 0.3) is 0 Å². The minimum Gasteiger partial charge on any atom is -0.491 e. The van der Waals surface area contributed by atoms with E-state index in [1.54, 1.807) is 12.3 Å². The van der Waals surface area contributed by atoms with Crippen molar-refractivity contribution in [3.05, 3.63) is 52.1 Å². The lowest BCUT2D eigenvalue weighted by molar-refractivity contribution is 0.330. The van der Waals surface area contributed by atoms with Crippen LogP contribution in [0.25, 0.3) is 0 Å². The number of anilines is 1. The monoisotopic (exact) mass is 326 g/mol. The van der Waals surface area contributed by atoms with E-state index >= 15 is 0 Å². The van der Waals surface area contributed by atoms with Crippen molar-refractivity contribution in [2.45, 2.75) is 0 Å². The van der Waals surface area contributed by atoms with Crippen LogP contribution in [0.15, 0.2) is 47.1 Å². The molecule has 0 unspecified atom stereocenters. The van der Waals surface area contributed by atoms with Gasteiger partial charge in [-0.25, -0.2) is 4.98 Å². The van der Waals surface area contributed by atoms with Gasteiger partial charge in [0, 0.05) is 11.2 Å². The van der Waals surface area contributed by atoms with Crippen molar-refractivity contribution in [2.24, 2.45) is 0 Å². The van der Waals surface area contributed by atoms with Crippen LogP contribution < -0.4 is 10.1 Å². The van der Waals surface area contributed by atoms with Crippen molar-refractivity contribution in [3.63, 3.8) is 0 Å². The fourth-order valence-electron chi connectivity index (χ4n) is 1.40. The molecule has 0 spiro atoms. The van der Waals surface area contributed by atoms with Crippen LogP contribution in [0.2, 0.25) is 5.02 Å². The standard InChI is InChI=1S/C13H12BrClN2O/c14-11-9-10(15)4-5-12(11)18-8-7-17-13-3-1-2-6-16-13/h1-6,9H,7-8H2,(H,16,17). The van der Waals surface area contributed by atoms with Gasteiger partial charge in [0.05, 0.1) is 11.0 Å². The Hall–Kier alpha value is -1.26. The molecule has 0 aliphatic heterocycles. The highest BCUT2D eigenvalue weighted by atomic mass is 79.9. The highest BCUT2D eigenvalue weighted by Gasteiger charge is 2.01. The summed E-state index contributed by atoms with van der Waals surface area (Å²) in [5, 5.41) is 3.85. The molecular weight excluding hydrogens is 316 g/mol. The van der Waals surface area contributed by atoms with Gasteiger partial charge in [-0.15, -0.1) is 0 Å². The lowest BCUT2D eigenvalue weighted by Crippen LogP contribution is -2.12. The number of pyridine rings is 1. The number of hydrogen-bond acceptors (Lipinski definition) is 3. The van der Waals surface area contributed by atoms with Gasteiger partial charge < -0.3 is 10.1 Å². The number of hydrogen-bond donors (Lipinski definition) is 1. The van der Waals surface area contributed by atoms with E-state index in [-0.39, 0.29) is 0 Å². The first-order chi connectivity index (χ1) is 8.75. The van der Waals surface area contributed by atoms with Crippen molar-refractivity contribution in [1.82, 2.24) is 4.98 Å². The topological polar surface area (TPSA) is 34.1 Å². The molecule has 0 fully saturated rings. The second-order valence-corrected chi connectivity index (χ2v) is 4.86. The third kappa shape index (κ3) is 3.89. The number of ether oxygens (including phenoxy) is 1. The van der Waals surface area contributed by atoms with Gasteiger partial charge in [0.15, 0.2) is 0 Å². The fraction of sp³-hybridized carbons (Fsp3) is 0.154. The van der Waals surface area contributed by atoms with Crippen LogP contribution in [0, 0.1) is 0 Å². The van der Waals surface area contributed by atoms with Crippen LogP contribution in [-0.2, 0) is 0 Å². The highest BCUT2D eigenvalue weighted by Crippen LogP contribution is 2.27. The molecule has 0 aliphatic rings. The smallest absolute Gasteiger partial charge is 0.133 e. The third-order valence-electron chi connectivity index (χ3n) is 2.22. The lowest BCUT2D eigenvalue weighted by atomic mass is 10.3. The molecule has 0 radical (unpaired) electrons. The van der Waals surface area contributed by atoms with Crippen molar-refractivity contribution in [1.29, 1.82) is 0 Å². The Bertz CT molecular complexity index is 508. The number of nitrogens with zero attached hydrogens (tertiary/aromatic N) is 1. The maximum atomic E-state index is 5.85. The summed E-state index contributed by atoms with van der Waals surface area (Å²) in [4.78, 5) is 4.16. The SMILES string of the molecule is Clc1ccc(OCCNc2ccccn2)c(Br)c1. The Morgan fingerprint density at radius 3 is 2.89 bits per heavy atom. The van der Waals surface area contributed by atoms with E-state index < -0.39 is 0 Å². The quantitative estimate of drug-likeness (QED) is 0.843. The number of rotatable bonds is 5. The molecule has 2 aromatic rings. The summed E-state index contributed by atoms with van der Waals surface area (Å²) < 4.78 is 6.47. The van der Waals surface area contributed by atoms with Crippen LogP contribution in [-0.4, -0.2) is 18.1 Å². The second kappa shape index (κ2) is 6.61. The van der Waals surface area contributed by atoms with E-state index in [1.807, 2.05) is 30.3 Å². The Kier molecular flexibility index (Phi) is 4.84. The zero-order valence-electron chi connectivity index (χ0n) is 9.57. The summed E-state index contributed by atoms with van der Waals surface area (Å²) in [6.45, 7) is 1.24. The maximum absolute atomic E-state index is 5.85. The summed E-state index contributed by atoms with van der Waals surface area (Å²) in [5.41, 5.74) is 0. The third-order valence-corrected chi connectivity index (χ3v) is 3.08. The van der Waals surface area contributed by atoms with Crippen molar-refractivity contribution >= 4 is 33.3 Å². The number of halogens is 2. The summed E-state index contributed by atoms with van der Waals surface area (Å²) in [6, 6.07) is 11.2. The van der Waals surface area contributed by atoms with E-state index in [0.29, 0.717) is 18.2 Å². The predicted molar refractivity (Wildman–Crippen MR) is 77.4 cm³/mol. The van der Waals surface area contributed by atoms with Crippen molar-refractivity contribution < 1.29 is 4.74 Å². The van der Waals surface area contributed by atoms with E-state index in [2.05, 4.69) is 26.2 Å². The van der Waals surface area contributed by atoms with Crippen LogP contribution in [0.5, 0.6) is 5.75 Å². The van der Waals surface area contributed by atoms with Crippen molar-refractivity contribution in [3.8, 4) is 5.75 Å². The Morgan fingerprint density at radius 1 is 1.28 bits per heavy atom. The Balaban J connectivity index is 1.79. The number of benzene rings is 1. The first-order valence-corrected chi connectivity index (χ1v) is 6.65. The predicted octanol–water partition coefficient (Wildman–Crippen LogP) is 3.99. The van der Waals surface area contributed by atoms with Crippen LogP contribution in [0.1, 0.15) is 0 Å². The molecule has 0 atom stereocenters. The van der Waals surface area contributed by atoms with Gasteiger partial charge in [-0.05, 0) is 46.3 Å². The van der Waals surface area contributed by atoms with Gasteiger partial charge in [-0.1, -0.05) is 17.7 Å². The van der Waals surface area contributed by atoms with E-state index in [1.165, 1.54) is 0 Å². The van der Waals surface area contributed by atoms with E-state index in [9.17, 15) is 0 Å². The lowest BCUT2D eigenvalue weighted by Gasteiger charge is -2.09. The summed E-state index contributed by atoms with van der Waals surface area (Å²) in [7, 11) is 0. The molecule has 0 saturated carbocycles. The highest BCUT2D eigenvalue weighted by molar-refractivity contribution is 9.10. The molecular formula is C13H12BrClN2O. The zero-order valence-corrected chi connectivity index (χ0v) is 11.9. The molecule has 94 valence electrons. The molecule has 1 aromatic carbocycles. The molecule has 5 heteroatoms. The second-order valence-electron chi connectivity index (χ2n) is 3.56. The molecule has 18 heavy (non-hydrogen) atoms. The number of aromatic nitrogens is 1. The van der Waals surface area contributed by atoms with Gasteiger partial charge in [-0.3, -0.25) is 0 Å². The van der Waals surface area contributed by atoms with E-state index in [0.717, 1.165) is 16.0 Å². The van der Waals surface area contributed by atoms with Gasteiger partial charge in [0.2, 0.25) is 0 Å². The normalized spacial score (nSPS) is 10.1. The van der Waals surface area contributed by atoms with Gasteiger partial charge >= 0.3 is 0 Å². The molecule has 0 saturated heterocycles. The van der Waals surface area contributed by atoms with Crippen molar-refractivity contribution in [2.75, 3.05) is 18.5 Å². The minimum atomic E-state index is 0.552. The molecule has 3 nitrogen and oxygen atoms in total.